The molecular weight excluding hydrogens is 260 g/mol. The molecule has 0 aliphatic heterocycles. The lowest BCUT2D eigenvalue weighted by Crippen LogP contribution is -2.56. The Morgan fingerprint density at radius 1 is 1.50 bits per heavy atom. The molecule has 1 saturated carbocycles. The minimum Gasteiger partial charge on any atom is -0.480 e. The molecule has 6 nitrogen and oxygen atoms in total. The first-order valence-electron chi connectivity index (χ1n) is 6.94. The summed E-state index contributed by atoms with van der Waals surface area (Å²) in [4.78, 5) is 27.6. The molecule has 1 fully saturated rings. The van der Waals surface area contributed by atoms with Crippen LogP contribution in [0.1, 0.15) is 55.3 Å². The van der Waals surface area contributed by atoms with Gasteiger partial charge in [-0.25, -0.2) is 9.78 Å². The van der Waals surface area contributed by atoms with Crippen LogP contribution in [0.2, 0.25) is 0 Å². The van der Waals surface area contributed by atoms with Crippen molar-refractivity contribution in [3.05, 3.63) is 17.8 Å². The van der Waals surface area contributed by atoms with Crippen molar-refractivity contribution < 1.29 is 19.1 Å². The molecule has 0 saturated heterocycles. The molecule has 0 radical (unpaired) electrons. The highest BCUT2D eigenvalue weighted by Crippen LogP contribution is 2.34. The number of carboxylic acid groups (broad SMARTS) is 1. The molecule has 0 unspecified atom stereocenters. The number of carbonyl (C=O) groups excluding carboxylic acids is 1. The maximum atomic E-state index is 12.1. The number of carbonyl (C=O) groups is 2. The summed E-state index contributed by atoms with van der Waals surface area (Å²) in [5.41, 5.74) is -0.715. The number of carboxylic acids is 1. The zero-order valence-electron chi connectivity index (χ0n) is 11.8. The largest absolute Gasteiger partial charge is 0.480 e. The number of rotatable bonds is 4. The molecule has 0 aromatic carbocycles. The Morgan fingerprint density at radius 2 is 2.15 bits per heavy atom. The molecule has 6 heteroatoms. The zero-order valence-corrected chi connectivity index (χ0v) is 11.8. The fraction of sp³-hybridized carbons (Fsp3) is 0.643. The summed E-state index contributed by atoms with van der Waals surface area (Å²) in [6, 6.07) is 0. The van der Waals surface area contributed by atoms with E-state index in [1.165, 1.54) is 6.39 Å². The van der Waals surface area contributed by atoms with Crippen molar-refractivity contribution in [2.45, 2.75) is 51.5 Å². The Bertz CT molecular complexity index is 501. The van der Waals surface area contributed by atoms with Crippen molar-refractivity contribution in [1.82, 2.24) is 10.3 Å². The maximum absolute atomic E-state index is 12.1. The van der Waals surface area contributed by atoms with Crippen LogP contribution in [-0.4, -0.2) is 27.5 Å². The van der Waals surface area contributed by atoms with Crippen LogP contribution in [0.4, 0.5) is 0 Å². The van der Waals surface area contributed by atoms with Gasteiger partial charge in [-0.3, -0.25) is 4.79 Å². The zero-order chi connectivity index (χ0) is 14.8. The quantitative estimate of drug-likeness (QED) is 0.881. The van der Waals surface area contributed by atoms with E-state index in [0.29, 0.717) is 24.5 Å². The van der Waals surface area contributed by atoms with E-state index in [2.05, 4.69) is 17.2 Å². The second-order valence-corrected chi connectivity index (χ2v) is 5.46. The SMILES string of the molecule is CCC1CCC(NC(=O)c2ocnc2C)(C(=O)O)CC1. The first-order valence-corrected chi connectivity index (χ1v) is 6.94. The second-order valence-electron chi connectivity index (χ2n) is 5.46. The highest BCUT2D eigenvalue weighted by Gasteiger charge is 2.43. The molecule has 110 valence electrons. The molecule has 1 aliphatic carbocycles. The smallest absolute Gasteiger partial charge is 0.329 e. The second kappa shape index (κ2) is 5.64. The van der Waals surface area contributed by atoms with Gasteiger partial charge in [-0.05, 0) is 38.5 Å². The molecule has 0 bridgehead atoms. The normalized spacial score (nSPS) is 26.2. The van der Waals surface area contributed by atoms with Gasteiger partial charge in [0.1, 0.15) is 5.54 Å². The van der Waals surface area contributed by atoms with Crippen molar-refractivity contribution in [2.24, 2.45) is 5.92 Å². The van der Waals surface area contributed by atoms with E-state index < -0.39 is 17.4 Å². The van der Waals surface area contributed by atoms with Gasteiger partial charge in [-0.1, -0.05) is 13.3 Å². The number of amides is 1. The minimum absolute atomic E-state index is 0.0863. The number of aliphatic carboxylic acids is 1. The monoisotopic (exact) mass is 280 g/mol. The number of hydrogen-bond donors (Lipinski definition) is 2. The van der Waals surface area contributed by atoms with Gasteiger partial charge in [0.2, 0.25) is 5.76 Å². The fourth-order valence-corrected chi connectivity index (χ4v) is 2.76. The number of aromatic nitrogens is 1. The summed E-state index contributed by atoms with van der Waals surface area (Å²) in [6.07, 6.45) is 4.78. The predicted molar refractivity (Wildman–Crippen MR) is 71.3 cm³/mol. The van der Waals surface area contributed by atoms with Crippen LogP contribution >= 0.6 is 0 Å². The summed E-state index contributed by atoms with van der Waals surface area (Å²) in [5.74, 6) is -0.843. The number of oxazole rings is 1. The van der Waals surface area contributed by atoms with Gasteiger partial charge in [0.25, 0.3) is 5.91 Å². The van der Waals surface area contributed by atoms with Crippen molar-refractivity contribution in [3.63, 3.8) is 0 Å². The van der Waals surface area contributed by atoms with Gasteiger partial charge < -0.3 is 14.8 Å². The van der Waals surface area contributed by atoms with Gasteiger partial charge in [-0.15, -0.1) is 0 Å². The standard InChI is InChI=1S/C14H20N2O4/c1-3-10-4-6-14(7-5-10,13(18)19)16-12(17)11-9(2)15-8-20-11/h8,10H,3-7H2,1-2H3,(H,16,17)(H,18,19). The summed E-state index contributed by atoms with van der Waals surface area (Å²) >= 11 is 0. The summed E-state index contributed by atoms with van der Waals surface area (Å²) < 4.78 is 5.02. The number of aryl methyl sites for hydroxylation is 1. The molecule has 1 aromatic rings. The summed E-state index contributed by atoms with van der Waals surface area (Å²) in [7, 11) is 0. The van der Waals surface area contributed by atoms with Crippen LogP contribution in [0.5, 0.6) is 0 Å². The van der Waals surface area contributed by atoms with E-state index in [-0.39, 0.29) is 5.76 Å². The molecule has 2 N–H and O–H groups in total. The number of nitrogens with one attached hydrogen (secondary N) is 1. The lowest BCUT2D eigenvalue weighted by atomic mass is 9.75. The van der Waals surface area contributed by atoms with E-state index in [9.17, 15) is 14.7 Å². The van der Waals surface area contributed by atoms with Crippen LogP contribution in [0.15, 0.2) is 10.8 Å². The Kier molecular flexibility index (Phi) is 4.11. The molecule has 2 rings (SSSR count). The molecule has 0 spiro atoms. The predicted octanol–water partition coefficient (Wildman–Crippen LogP) is 2.14. The van der Waals surface area contributed by atoms with Crippen LogP contribution in [0, 0.1) is 12.8 Å². The molecular formula is C14H20N2O4. The Hall–Kier alpha value is -1.85. The first-order chi connectivity index (χ1) is 9.48. The van der Waals surface area contributed by atoms with E-state index in [4.69, 9.17) is 4.42 Å². The topological polar surface area (TPSA) is 92.4 Å². The van der Waals surface area contributed by atoms with Gasteiger partial charge in [-0.2, -0.15) is 0 Å². The van der Waals surface area contributed by atoms with Crippen molar-refractivity contribution >= 4 is 11.9 Å². The molecule has 1 aromatic heterocycles. The van der Waals surface area contributed by atoms with Gasteiger partial charge in [0.15, 0.2) is 6.39 Å². The molecule has 1 amide bonds. The highest BCUT2D eigenvalue weighted by atomic mass is 16.4. The van der Waals surface area contributed by atoms with Gasteiger partial charge >= 0.3 is 5.97 Å². The average Bonchev–Trinajstić information content (AvgIpc) is 2.85. The number of nitrogens with zero attached hydrogens (tertiary/aromatic N) is 1. The van der Waals surface area contributed by atoms with Crippen molar-refractivity contribution in [3.8, 4) is 0 Å². The Morgan fingerprint density at radius 3 is 2.60 bits per heavy atom. The minimum atomic E-state index is -1.18. The van der Waals surface area contributed by atoms with Crippen molar-refractivity contribution in [2.75, 3.05) is 0 Å². The molecule has 0 atom stereocenters. The molecule has 20 heavy (non-hydrogen) atoms. The molecule has 1 heterocycles. The Balaban J connectivity index is 2.13. The van der Waals surface area contributed by atoms with E-state index >= 15 is 0 Å². The lowest BCUT2D eigenvalue weighted by Gasteiger charge is -2.37. The first kappa shape index (κ1) is 14.6. The lowest BCUT2D eigenvalue weighted by molar-refractivity contribution is -0.146. The van der Waals surface area contributed by atoms with E-state index in [1.807, 2.05) is 0 Å². The van der Waals surface area contributed by atoms with Gasteiger partial charge in [0, 0.05) is 0 Å². The maximum Gasteiger partial charge on any atom is 0.329 e. The van der Waals surface area contributed by atoms with Crippen LogP contribution in [-0.2, 0) is 4.79 Å². The number of hydrogen-bond acceptors (Lipinski definition) is 4. The van der Waals surface area contributed by atoms with E-state index in [1.54, 1.807) is 6.92 Å². The van der Waals surface area contributed by atoms with Crippen molar-refractivity contribution in [1.29, 1.82) is 0 Å². The highest BCUT2D eigenvalue weighted by molar-refractivity contribution is 5.96. The van der Waals surface area contributed by atoms with Crippen LogP contribution < -0.4 is 5.32 Å². The summed E-state index contributed by atoms with van der Waals surface area (Å²) in [6.45, 7) is 3.76. The third kappa shape index (κ3) is 2.69. The average molecular weight is 280 g/mol. The summed E-state index contributed by atoms with van der Waals surface area (Å²) in [5, 5.41) is 12.1. The third-order valence-corrected chi connectivity index (χ3v) is 4.25. The van der Waals surface area contributed by atoms with Crippen LogP contribution in [0.25, 0.3) is 0 Å². The van der Waals surface area contributed by atoms with E-state index in [0.717, 1.165) is 19.3 Å². The third-order valence-electron chi connectivity index (χ3n) is 4.25. The fourth-order valence-electron chi connectivity index (χ4n) is 2.76. The molecule has 1 aliphatic rings. The van der Waals surface area contributed by atoms with Gasteiger partial charge in [0.05, 0.1) is 5.69 Å². The Labute approximate surface area is 117 Å². The van der Waals surface area contributed by atoms with Crippen LogP contribution in [0.3, 0.4) is 0 Å².